The molecule has 2 N–H and O–H groups in total. The van der Waals surface area contributed by atoms with Crippen LogP contribution in [0.1, 0.15) is 111 Å². The van der Waals surface area contributed by atoms with Crippen LogP contribution in [0.15, 0.2) is 30.3 Å². The minimum absolute atomic E-state index is 0.00871. The zero-order chi connectivity index (χ0) is 41.3. The molecule has 318 valence electrons. The third kappa shape index (κ3) is 13.4. The Labute approximate surface area is 339 Å². The van der Waals surface area contributed by atoms with E-state index in [9.17, 15) is 24.0 Å². The summed E-state index contributed by atoms with van der Waals surface area (Å²) in [6.45, 7) is 15.7. The lowest BCUT2D eigenvalue weighted by atomic mass is 9.87. The van der Waals surface area contributed by atoms with Crippen LogP contribution in [-0.2, 0) is 30.5 Å². The maximum absolute atomic E-state index is 12.8. The van der Waals surface area contributed by atoms with E-state index in [1.165, 1.54) is 0 Å². The molecule has 2 bridgehead atoms. The van der Waals surface area contributed by atoms with Gasteiger partial charge in [0, 0.05) is 65.2 Å². The highest BCUT2D eigenvalue weighted by molar-refractivity contribution is 5.90. The average Bonchev–Trinajstić information content (AvgIpc) is 3.38. The zero-order valence-corrected chi connectivity index (χ0v) is 35.4. The number of carbonyl (C=O) groups excluding carboxylic acids is 5. The number of hydrogen-bond donors (Lipinski definition) is 2. The van der Waals surface area contributed by atoms with Crippen LogP contribution in [0, 0.1) is 11.8 Å². The van der Waals surface area contributed by atoms with E-state index in [1.807, 2.05) is 78.9 Å². The van der Waals surface area contributed by atoms with Gasteiger partial charge < -0.3 is 34.4 Å². The Morgan fingerprint density at radius 3 is 1.79 bits per heavy atom. The Balaban J connectivity index is 0.000000221. The molecule has 6 rings (SSSR count). The van der Waals surface area contributed by atoms with Crippen molar-refractivity contribution in [3.8, 4) is 0 Å². The molecule has 5 fully saturated rings. The van der Waals surface area contributed by atoms with Crippen molar-refractivity contribution in [2.75, 3.05) is 46.3 Å². The molecule has 0 saturated carbocycles. The van der Waals surface area contributed by atoms with Crippen LogP contribution >= 0.6 is 0 Å². The van der Waals surface area contributed by atoms with Gasteiger partial charge in [0.1, 0.15) is 17.0 Å². The van der Waals surface area contributed by atoms with Crippen LogP contribution in [-0.4, -0.2) is 131 Å². The molecule has 0 aliphatic carbocycles. The number of likely N-dealkylation sites (N-methyl/N-ethyl adjacent to an activating group) is 1. The van der Waals surface area contributed by atoms with Crippen LogP contribution in [0.3, 0.4) is 0 Å². The number of amides is 4. The molecule has 5 aliphatic heterocycles. The van der Waals surface area contributed by atoms with Gasteiger partial charge in [0.05, 0.1) is 24.7 Å². The molecule has 0 spiro atoms. The highest BCUT2D eigenvalue weighted by Crippen LogP contribution is 2.32. The lowest BCUT2D eigenvalue weighted by Gasteiger charge is -2.35. The van der Waals surface area contributed by atoms with Crippen LogP contribution in [0.4, 0.5) is 14.4 Å². The first kappa shape index (κ1) is 44.4. The third-order valence-corrected chi connectivity index (χ3v) is 11.7. The number of rotatable bonds is 10. The topological polar surface area (TPSA) is 150 Å². The molecule has 4 atom stereocenters. The van der Waals surface area contributed by atoms with E-state index in [4.69, 9.17) is 14.3 Å². The van der Waals surface area contributed by atoms with Crippen molar-refractivity contribution in [1.29, 1.82) is 0 Å². The van der Waals surface area contributed by atoms with E-state index >= 15 is 0 Å². The van der Waals surface area contributed by atoms with E-state index in [0.717, 1.165) is 63.5 Å². The summed E-state index contributed by atoms with van der Waals surface area (Å²) in [6, 6.07) is 10.2. The molecule has 57 heavy (non-hydrogen) atoms. The fourth-order valence-electron chi connectivity index (χ4n) is 8.36. The monoisotopic (exact) mass is 797 g/mol. The number of urea groups is 1. The molecule has 5 aliphatic rings. The second-order valence-electron chi connectivity index (χ2n) is 18.6. The van der Waals surface area contributed by atoms with Crippen LogP contribution < -0.4 is 10.8 Å². The van der Waals surface area contributed by atoms with Gasteiger partial charge in [-0.05, 0) is 110 Å². The molecule has 5 saturated heterocycles. The molecule has 5 heterocycles. The van der Waals surface area contributed by atoms with Crippen LogP contribution in [0.5, 0.6) is 0 Å². The van der Waals surface area contributed by atoms with Gasteiger partial charge in [-0.3, -0.25) is 14.4 Å². The van der Waals surface area contributed by atoms with Crippen molar-refractivity contribution >= 4 is 29.8 Å². The number of piperidine rings is 4. The molecule has 14 heteroatoms. The molecule has 0 radical (unpaired) electrons. The van der Waals surface area contributed by atoms with Crippen molar-refractivity contribution in [2.45, 2.75) is 148 Å². The van der Waals surface area contributed by atoms with Gasteiger partial charge in [-0.25, -0.2) is 14.4 Å². The number of nitrogens with one attached hydrogen (secondary N) is 2. The number of hydrogen-bond acceptors (Lipinski definition) is 10. The Hall–Kier alpha value is -3.75. The first-order valence-electron chi connectivity index (χ1n) is 21.1. The van der Waals surface area contributed by atoms with Gasteiger partial charge in [0.2, 0.25) is 0 Å². The maximum atomic E-state index is 12.8. The molecule has 4 amide bonds. The molecule has 1 aromatic rings. The van der Waals surface area contributed by atoms with Gasteiger partial charge in [-0.15, -0.1) is 0 Å². The van der Waals surface area contributed by atoms with Gasteiger partial charge >= 0.3 is 18.2 Å². The molecule has 0 unspecified atom stereocenters. The molecule has 1 aromatic carbocycles. The first-order valence-corrected chi connectivity index (χ1v) is 21.1. The number of nitrogens with zero attached hydrogens (tertiary/aromatic N) is 4. The maximum Gasteiger partial charge on any atom is 0.410 e. The predicted molar refractivity (Wildman–Crippen MR) is 216 cm³/mol. The normalized spacial score (nSPS) is 24.8. The Kier molecular flexibility index (Phi) is 15.4. The number of carbonyl (C=O) groups is 5. The van der Waals surface area contributed by atoms with Crippen molar-refractivity contribution < 1.29 is 38.3 Å². The lowest BCUT2D eigenvalue weighted by molar-refractivity contribution is -0.125. The summed E-state index contributed by atoms with van der Waals surface area (Å²) in [6.07, 6.45) is 7.32. The fourth-order valence-corrected chi connectivity index (χ4v) is 8.36. The molecular weight excluding hydrogens is 729 g/mol. The largest absolute Gasteiger partial charge is 0.444 e. The SMILES string of the molecule is CC(C)(C)OC(=O)N1CCC(CC(=O)[C@@H]2CC[C@@H](NOCc3ccccc3)CN2)CC1.CN1C(=O)N2C[C@H]1CC[C@H]2C(=O)CC1CCN(C(=O)OC(C)(C)C)CC1. The number of fused-ring (bicyclic) bond motifs is 2. The minimum Gasteiger partial charge on any atom is -0.444 e. The number of Topliss-reactive ketones (excluding diaryl/α,β-unsaturated/α-hetero) is 2. The van der Waals surface area contributed by atoms with Crippen molar-refractivity contribution in [1.82, 2.24) is 30.4 Å². The quantitative estimate of drug-likeness (QED) is 0.273. The second kappa shape index (κ2) is 19.8. The van der Waals surface area contributed by atoms with Crippen molar-refractivity contribution in [2.24, 2.45) is 11.8 Å². The Bertz CT molecular complexity index is 1510. The van der Waals surface area contributed by atoms with E-state index in [0.29, 0.717) is 63.9 Å². The second-order valence-corrected chi connectivity index (χ2v) is 18.6. The van der Waals surface area contributed by atoms with Crippen LogP contribution in [0.25, 0.3) is 0 Å². The summed E-state index contributed by atoms with van der Waals surface area (Å²) in [5, 5.41) is 3.38. The molecule has 14 nitrogen and oxygen atoms in total. The Morgan fingerprint density at radius 1 is 0.737 bits per heavy atom. The number of ether oxygens (including phenoxy) is 2. The summed E-state index contributed by atoms with van der Waals surface area (Å²) in [5.74, 6) is 1.11. The third-order valence-electron chi connectivity index (χ3n) is 11.7. The molecule has 0 aromatic heterocycles. The fraction of sp³-hybridized carbons (Fsp3) is 0.744. The summed E-state index contributed by atoms with van der Waals surface area (Å²) in [5.41, 5.74) is 3.28. The number of likely N-dealkylation sites (tertiary alicyclic amines) is 2. The predicted octanol–water partition coefficient (Wildman–Crippen LogP) is 5.93. The van der Waals surface area contributed by atoms with Gasteiger partial charge in [-0.2, -0.15) is 5.48 Å². The number of hydroxylamine groups is 1. The minimum atomic E-state index is -0.488. The van der Waals surface area contributed by atoms with Gasteiger partial charge in [0.15, 0.2) is 5.78 Å². The van der Waals surface area contributed by atoms with E-state index in [1.54, 1.807) is 19.6 Å². The first-order chi connectivity index (χ1) is 27.0. The summed E-state index contributed by atoms with van der Waals surface area (Å²) in [7, 11) is 1.83. The van der Waals surface area contributed by atoms with E-state index in [2.05, 4.69) is 10.8 Å². The van der Waals surface area contributed by atoms with Gasteiger partial charge in [0.25, 0.3) is 0 Å². The summed E-state index contributed by atoms with van der Waals surface area (Å²) in [4.78, 5) is 74.8. The lowest BCUT2D eigenvalue weighted by Crippen LogP contribution is -2.51. The van der Waals surface area contributed by atoms with Crippen molar-refractivity contribution in [3.05, 3.63) is 35.9 Å². The Morgan fingerprint density at radius 2 is 1.28 bits per heavy atom. The van der Waals surface area contributed by atoms with Crippen molar-refractivity contribution in [3.63, 3.8) is 0 Å². The van der Waals surface area contributed by atoms with E-state index in [-0.39, 0.29) is 54.1 Å². The summed E-state index contributed by atoms with van der Waals surface area (Å²) >= 11 is 0. The average molecular weight is 797 g/mol. The number of ketones is 2. The zero-order valence-electron chi connectivity index (χ0n) is 35.4. The number of benzene rings is 1. The highest BCUT2D eigenvalue weighted by Gasteiger charge is 2.45. The smallest absolute Gasteiger partial charge is 0.410 e. The molecular formula is C43H68N6O8. The van der Waals surface area contributed by atoms with Gasteiger partial charge in [-0.1, -0.05) is 30.3 Å². The van der Waals surface area contributed by atoms with E-state index < -0.39 is 11.2 Å². The summed E-state index contributed by atoms with van der Waals surface area (Å²) < 4.78 is 10.9. The highest BCUT2D eigenvalue weighted by atomic mass is 16.6. The standard InChI is InChI=1S/C24H37N3O4.C19H31N3O4/c1-24(2,3)31-23(29)27-13-11-18(12-14-27)15-22(28)21-10-9-20(16-25-21)26-30-17-19-7-5-4-6-8-19;1-19(2,3)26-18(25)21-9-7-13(8-10-21)11-16(23)15-6-5-14-12-22(15)17(24)20(14)4/h4-8,18,20-21,25-26H,9-17H2,1-3H3;13-15H,5-12H2,1-4H3/t20-,21+;14-,15+/m11/s1. The van der Waals surface area contributed by atoms with Crippen LogP contribution in [0.2, 0.25) is 0 Å².